The first-order valence-electron chi connectivity index (χ1n) is 12.0. The van der Waals surface area contributed by atoms with E-state index in [9.17, 15) is 23.2 Å². The number of imidazole rings is 1. The number of amides is 1. The Hall–Kier alpha value is -3.65. The molecule has 38 heavy (non-hydrogen) atoms. The van der Waals surface area contributed by atoms with E-state index in [-0.39, 0.29) is 42.9 Å². The molecule has 2 aliphatic heterocycles. The Morgan fingerprint density at radius 2 is 1.71 bits per heavy atom. The molecule has 1 fully saturated rings. The fourth-order valence-electron chi connectivity index (χ4n) is 4.77. The van der Waals surface area contributed by atoms with Gasteiger partial charge in [-0.05, 0) is 29.3 Å². The van der Waals surface area contributed by atoms with Crippen LogP contribution in [0.3, 0.4) is 0 Å². The number of carbonyl (C=O) groups excluding carboxylic acids is 1. The second-order valence-corrected chi connectivity index (χ2v) is 9.11. The molecular formula is C27H26ClF3N6O. The van der Waals surface area contributed by atoms with Crippen LogP contribution in [0.2, 0.25) is 0 Å². The van der Waals surface area contributed by atoms with Crippen LogP contribution in [0.15, 0.2) is 67.0 Å². The average molecular weight is 543 g/mol. The quantitative estimate of drug-likeness (QED) is 0.482. The minimum Gasteiger partial charge on any atom is -0.297 e. The average Bonchev–Trinajstić information content (AvgIpc) is 3.34. The molecule has 5 rings (SSSR count). The molecule has 0 saturated carbocycles. The van der Waals surface area contributed by atoms with Crippen LogP contribution in [0, 0.1) is 11.3 Å². The number of rotatable bonds is 5. The lowest BCUT2D eigenvalue weighted by Gasteiger charge is -2.36. The van der Waals surface area contributed by atoms with Gasteiger partial charge in [0.2, 0.25) is 5.91 Å². The summed E-state index contributed by atoms with van der Waals surface area (Å²) in [7, 11) is 0. The van der Waals surface area contributed by atoms with Gasteiger partial charge in [0.1, 0.15) is 12.4 Å². The summed E-state index contributed by atoms with van der Waals surface area (Å²) in [6, 6.07) is 17.2. The van der Waals surface area contributed by atoms with Crippen molar-refractivity contribution in [2.45, 2.75) is 12.7 Å². The van der Waals surface area contributed by atoms with E-state index in [4.69, 9.17) is 0 Å². The summed E-state index contributed by atoms with van der Waals surface area (Å²) >= 11 is 0. The molecule has 7 nitrogen and oxygen atoms in total. The van der Waals surface area contributed by atoms with Crippen LogP contribution in [-0.4, -0.2) is 64.5 Å². The number of piperazine rings is 1. The summed E-state index contributed by atoms with van der Waals surface area (Å²) < 4.78 is 41.3. The van der Waals surface area contributed by atoms with Gasteiger partial charge in [0.25, 0.3) is 0 Å². The number of benzene rings is 2. The van der Waals surface area contributed by atoms with E-state index in [1.165, 1.54) is 27.4 Å². The normalized spacial score (nSPS) is 16.3. The van der Waals surface area contributed by atoms with Gasteiger partial charge in [-0.1, -0.05) is 42.5 Å². The van der Waals surface area contributed by atoms with E-state index in [1.54, 1.807) is 12.1 Å². The van der Waals surface area contributed by atoms with Gasteiger partial charge in [-0.2, -0.15) is 18.4 Å². The Morgan fingerprint density at radius 1 is 1.00 bits per heavy atom. The summed E-state index contributed by atoms with van der Waals surface area (Å²) in [6.45, 7) is 4.33. The highest BCUT2D eigenvalue weighted by molar-refractivity contribution is 5.97. The smallest absolute Gasteiger partial charge is 0.297 e. The Labute approximate surface area is 224 Å². The second kappa shape index (κ2) is 11.4. The van der Waals surface area contributed by atoms with E-state index >= 15 is 0 Å². The number of anilines is 1. The highest BCUT2D eigenvalue weighted by Gasteiger charge is 2.33. The molecule has 0 N–H and O–H groups in total. The topological polar surface area (TPSA) is 68.4 Å². The first-order chi connectivity index (χ1) is 17.8. The number of hydrogen-bond acceptors (Lipinski definition) is 5. The largest absolute Gasteiger partial charge is 0.416 e. The minimum atomic E-state index is -4.48. The van der Waals surface area contributed by atoms with Gasteiger partial charge in [0, 0.05) is 39.3 Å². The molecular weight excluding hydrogens is 517 g/mol. The molecule has 3 aromatic rings. The van der Waals surface area contributed by atoms with Gasteiger partial charge in [-0.3, -0.25) is 24.1 Å². The number of hydrogen-bond donors (Lipinski definition) is 0. The third-order valence-electron chi connectivity index (χ3n) is 6.69. The molecule has 0 aliphatic carbocycles. The standard InChI is InChI=1S/C27H25F3N6O.ClH/c28-27(29,30)22-8-4-7-21(15-22)24-9-10-35(26-23(16-31)32-19-36(24)26)25(37)18-34-13-11-33(12-14-34)17-20-5-2-1-3-6-20;/h1-9,15,19H,10-14,17-18H2;1H. The number of halogens is 4. The highest BCUT2D eigenvalue weighted by Crippen LogP contribution is 2.35. The van der Waals surface area contributed by atoms with Crippen LogP contribution in [0.1, 0.15) is 22.4 Å². The van der Waals surface area contributed by atoms with Crippen molar-refractivity contribution in [3.63, 3.8) is 0 Å². The summed E-state index contributed by atoms with van der Waals surface area (Å²) in [5.74, 6) is 0.0965. The van der Waals surface area contributed by atoms with Crippen LogP contribution >= 0.6 is 12.4 Å². The van der Waals surface area contributed by atoms with Crippen LogP contribution in [-0.2, 0) is 17.5 Å². The number of nitriles is 1. The Kier molecular flexibility index (Phi) is 8.21. The summed E-state index contributed by atoms with van der Waals surface area (Å²) in [6.07, 6.45) is -1.41. The van der Waals surface area contributed by atoms with Crippen molar-refractivity contribution in [1.29, 1.82) is 5.26 Å². The highest BCUT2D eigenvalue weighted by atomic mass is 35.5. The summed E-state index contributed by atoms with van der Waals surface area (Å²) in [4.78, 5) is 23.4. The maximum Gasteiger partial charge on any atom is 0.416 e. The third kappa shape index (κ3) is 5.75. The molecule has 3 heterocycles. The number of aromatic nitrogens is 2. The first-order valence-corrected chi connectivity index (χ1v) is 12.0. The lowest BCUT2D eigenvalue weighted by atomic mass is 10.1. The molecule has 198 valence electrons. The maximum absolute atomic E-state index is 13.3. The lowest BCUT2D eigenvalue weighted by molar-refractivity contribution is -0.137. The van der Waals surface area contributed by atoms with Crippen molar-refractivity contribution >= 4 is 29.8 Å². The molecule has 0 radical (unpaired) electrons. The van der Waals surface area contributed by atoms with Crippen LogP contribution < -0.4 is 4.90 Å². The molecule has 0 unspecified atom stereocenters. The lowest BCUT2D eigenvalue weighted by Crippen LogP contribution is -2.50. The number of carbonyl (C=O) groups is 1. The Balaban J connectivity index is 0.00000336. The Bertz CT molecular complexity index is 1360. The zero-order valence-corrected chi connectivity index (χ0v) is 21.3. The molecule has 1 aromatic heterocycles. The molecule has 0 spiro atoms. The number of fused-ring (bicyclic) bond motifs is 1. The zero-order chi connectivity index (χ0) is 26.0. The molecule has 11 heteroatoms. The molecule has 2 aliphatic rings. The molecule has 2 aromatic carbocycles. The van der Waals surface area contributed by atoms with Crippen LogP contribution in [0.25, 0.3) is 5.70 Å². The van der Waals surface area contributed by atoms with Crippen molar-refractivity contribution in [2.75, 3.05) is 44.2 Å². The monoisotopic (exact) mass is 542 g/mol. The molecule has 0 bridgehead atoms. The molecule has 1 saturated heterocycles. The van der Waals surface area contributed by atoms with E-state index < -0.39 is 11.7 Å². The molecule has 1 amide bonds. The van der Waals surface area contributed by atoms with Gasteiger partial charge >= 0.3 is 6.18 Å². The fourth-order valence-corrected chi connectivity index (χ4v) is 4.77. The van der Waals surface area contributed by atoms with Gasteiger partial charge < -0.3 is 0 Å². The van der Waals surface area contributed by atoms with Gasteiger partial charge in [-0.25, -0.2) is 4.98 Å². The number of nitrogens with zero attached hydrogens (tertiary/aromatic N) is 6. The van der Waals surface area contributed by atoms with Crippen molar-refractivity contribution in [1.82, 2.24) is 19.4 Å². The van der Waals surface area contributed by atoms with Crippen LogP contribution in [0.4, 0.5) is 19.0 Å². The fraction of sp³-hybridized carbons (Fsp3) is 0.296. The predicted molar refractivity (Wildman–Crippen MR) is 140 cm³/mol. The van der Waals surface area contributed by atoms with Gasteiger partial charge in [0.15, 0.2) is 11.5 Å². The summed E-state index contributed by atoms with van der Waals surface area (Å²) in [5, 5.41) is 9.61. The van der Waals surface area contributed by atoms with E-state index in [0.29, 0.717) is 11.3 Å². The van der Waals surface area contributed by atoms with E-state index in [1.807, 2.05) is 24.3 Å². The van der Waals surface area contributed by atoms with Crippen molar-refractivity contribution in [3.8, 4) is 6.07 Å². The van der Waals surface area contributed by atoms with E-state index in [2.05, 4.69) is 26.9 Å². The van der Waals surface area contributed by atoms with Gasteiger partial charge in [0.05, 0.1) is 17.8 Å². The SMILES string of the molecule is Cl.N#Cc1ncn2c1N(C(=O)CN1CCN(Cc3ccccc3)CC1)CC=C2c1cccc(C(F)(F)F)c1. The molecule has 0 atom stereocenters. The summed E-state index contributed by atoms with van der Waals surface area (Å²) in [5.41, 5.74) is 1.32. The third-order valence-corrected chi connectivity index (χ3v) is 6.69. The van der Waals surface area contributed by atoms with Crippen molar-refractivity contribution in [2.24, 2.45) is 0 Å². The second-order valence-electron chi connectivity index (χ2n) is 9.11. The zero-order valence-electron chi connectivity index (χ0n) is 20.4. The van der Waals surface area contributed by atoms with Crippen molar-refractivity contribution < 1.29 is 18.0 Å². The minimum absolute atomic E-state index is 0. The number of alkyl halides is 3. The van der Waals surface area contributed by atoms with Crippen LogP contribution in [0.5, 0.6) is 0 Å². The predicted octanol–water partition coefficient (Wildman–Crippen LogP) is 4.25. The van der Waals surface area contributed by atoms with E-state index in [0.717, 1.165) is 44.9 Å². The first kappa shape index (κ1) is 27.4. The maximum atomic E-state index is 13.3. The van der Waals surface area contributed by atoms with Gasteiger partial charge in [-0.15, -0.1) is 12.4 Å². The Morgan fingerprint density at radius 3 is 2.39 bits per heavy atom. The van der Waals surface area contributed by atoms with Crippen molar-refractivity contribution in [3.05, 3.63) is 89.4 Å².